The van der Waals surface area contributed by atoms with Gasteiger partial charge in [0.05, 0.1) is 56.5 Å². The summed E-state index contributed by atoms with van der Waals surface area (Å²) in [6, 6.07) is 6.09. The van der Waals surface area contributed by atoms with Crippen molar-refractivity contribution in [3.05, 3.63) is 58.7 Å². The Morgan fingerprint density at radius 2 is 0.649 bits per heavy atom. The molecule has 57 heavy (non-hydrogen) atoms. The van der Waals surface area contributed by atoms with Crippen molar-refractivity contribution in [3.8, 4) is 0 Å². The summed E-state index contributed by atoms with van der Waals surface area (Å²) in [6.45, 7) is 15.0. The monoisotopic (exact) mass is 964 g/mol. The Balaban J connectivity index is 0.00000108. The molecular formula is C40H58BaO14S2. The van der Waals surface area contributed by atoms with Gasteiger partial charge in [-0.25, -0.2) is 36.0 Å². The molecule has 0 aliphatic carbocycles. The number of ether oxygens (including phenoxy) is 4. The van der Waals surface area contributed by atoms with Crippen molar-refractivity contribution in [1.82, 2.24) is 0 Å². The molecule has 4 unspecified atom stereocenters. The van der Waals surface area contributed by atoms with Crippen LogP contribution >= 0.6 is 0 Å². The molecule has 2 aromatic carbocycles. The number of carbonyl (C=O) groups excluding carboxylic acids is 4. The second-order valence-corrected chi connectivity index (χ2v) is 16.6. The van der Waals surface area contributed by atoms with E-state index in [9.17, 15) is 45.1 Å². The first-order valence-corrected chi connectivity index (χ1v) is 22.0. The second-order valence-electron chi connectivity index (χ2n) is 13.8. The molecule has 17 heteroatoms. The normalized spacial score (nSPS) is 13.4. The van der Waals surface area contributed by atoms with E-state index in [2.05, 4.69) is 0 Å². The van der Waals surface area contributed by atoms with Gasteiger partial charge in [-0.15, -0.1) is 0 Å². The quantitative estimate of drug-likeness (QED) is 0.0477. The minimum Gasteiger partial charge on any atom is -0.744 e. The number of hydrogen-bond acceptors (Lipinski definition) is 14. The van der Waals surface area contributed by atoms with Crippen LogP contribution in [0.1, 0.15) is 174 Å². The largest absolute Gasteiger partial charge is 2.00 e. The Kier molecular flexibility index (Phi) is 26.4. The first-order valence-electron chi connectivity index (χ1n) is 19.2. The Morgan fingerprint density at radius 3 is 0.807 bits per heavy atom. The summed E-state index contributed by atoms with van der Waals surface area (Å²) in [5.74, 6) is -3.16. The topological polar surface area (TPSA) is 220 Å². The Labute approximate surface area is 379 Å². The van der Waals surface area contributed by atoms with Crippen molar-refractivity contribution in [3.63, 3.8) is 0 Å². The van der Waals surface area contributed by atoms with Crippen LogP contribution in [0, 0.1) is 0 Å². The fourth-order valence-electron chi connectivity index (χ4n) is 5.16. The standard InChI is InChI=1S/2C20H30O7S.Ba/c2*1-5-7-9-14(3)26-19(21)16-11-17(13-18(12-16)28(23,24)25)20(22)27-15(4)10-8-6-2;/h2*11-15H,5-10H2,1-4H3,(H,23,24,25);/q;;+2/p-2. The zero-order chi connectivity index (χ0) is 42.6. The van der Waals surface area contributed by atoms with E-state index in [0.29, 0.717) is 25.7 Å². The maximum absolute atomic E-state index is 12.4. The van der Waals surface area contributed by atoms with Gasteiger partial charge in [0, 0.05) is 0 Å². The molecule has 0 amide bonds. The molecule has 0 bridgehead atoms. The van der Waals surface area contributed by atoms with Crippen LogP contribution in [0.25, 0.3) is 0 Å². The number of esters is 4. The minimum absolute atomic E-state index is 0. The average molecular weight is 964 g/mol. The molecule has 316 valence electrons. The van der Waals surface area contributed by atoms with E-state index >= 15 is 0 Å². The summed E-state index contributed by atoms with van der Waals surface area (Å²) < 4.78 is 89.8. The van der Waals surface area contributed by atoms with E-state index in [1.54, 1.807) is 27.7 Å². The molecule has 0 aliphatic heterocycles. The van der Waals surface area contributed by atoms with Crippen molar-refractivity contribution in [2.24, 2.45) is 0 Å². The van der Waals surface area contributed by atoms with E-state index in [-0.39, 0.29) is 95.6 Å². The van der Waals surface area contributed by atoms with Crippen molar-refractivity contribution >= 4 is 93.0 Å². The molecular weight excluding hydrogens is 906 g/mol. The third kappa shape index (κ3) is 21.5. The average Bonchev–Trinajstić information content (AvgIpc) is 3.13. The van der Waals surface area contributed by atoms with Crippen LogP contribution in [0.2, 0.25) is 0 Å². The van der Waals surface area contributed by atoms with E-state index in [1.165, 1.54) is 12.1 Å². The smallest absolute Gasteiger partial charge is 0.744 e. The van der Waals surface area contributed by atoms with Gasteiger partial charge >= 0.3 is 72.8 Å². The molecule has 0 N–H and O–H groups in total. The zero-order valence-electron chi connectivity index (χ0n) is 34.5. The third-order valence-corrected chi connectivity index (χ3v) is 10.0. The van der Waals surface area contributed by atoms with Crippen LogP contribution in [0.3, 0.4) is 0 Å². The van der Waals surface area contributed by atoms with Crippen molar-refractivity contribution in [2.45, 2.75) is 167 Å². The van der Waals surface area contributed by atoms with E-state index in [4.69, 9.17) is 18.9 Å². The van der Waals surface area contributed by atoms with Gasteiger partial charge in [-0.1, -0.05) is 79.1 Å². The third-order valence-electron chi connectivity index (χ3n) is 8.42. The van der Waals surface area contributed by atoms with E-state index in [0.717, 1.165) is 75.6 Å². The van der Waals surface area contributed by atoms with Crippen molar-refractivity contribution in [1.29, 1.82) is 0 Å². The minimum atomic E-state index is -4.87. The molecule has 0 aliphatic rings. The first kappa shape index (κ1) is 54.7. The molecule has 2 aromatic rings. The molecule has 14 nitrogen and oxygen atoms in total. The Bertz CT molecular complexity index is 1590. The van der Waals surface area contributed by atoms with Gasteiger partial charge in [-0.2, -0.15) is 0 Å². The van der Waals surface area contributed by atoms with E-state index in [1.807, 2.05) is 27.7 Å². The number of benzene rings is 2. The first-order chi connectivity index (χ1) is 26.2. The van der Waals surface area contributed by atoms with Crippen LogP contribution in [0.4, 0.5) is 0 Å². The van der Waals surface area contributed by atoms with Gasteiger partial charge in [0.15, 0.2) is 0 Å². The van der Waals surface area contributed by atoms with Gasteiger partial charge in [0.25, 0.3) is 0 Å². The maximum atomic E-state index is 12.4. The van der Waals surface area contributed by atoms with Crippen LogP contribution in [0.15, 0.2) is 46.2 Å². The van der Waals surface area contributed by atoms with Crippen LogP contribution in [0.5, 0.6) is 0 Å². The fraction of sp³-hybridized carbons (Fsp3) is 0.600. The van der Waals surface area contributed by atoms with Crippen LogP contribution in [-0.4, -0.2) is 123 Å². The maximum Gasteiger partial charge on any atom is 2.00 e. The number of rotatable bonds is 22. The summed E-state index contributed by atoms with van der Waals surface area (Å²) in [6.07, 6.45) is 8.41. The van der Waals surface area contributed by atoms with Crippen molar-refractivity contribution < 1.29 is 64.1 Å². The summed E-state index contributed by atoms with van der Waals surface area (Å²) >= 11 is 0. The van der Waals surface area contributed by atoms with E-state index < -0.39 is 53.9 Å². The van der Waals surface area contributed by atoms with Gasteiger partial charge in [-0.05, 0) is 89.8 Å². The van der Waals surface area contributed by atoms with Crippen LogP contribution in [-0.2, 0) is 39.2 Å². The van der Waals surface area contributed by atoms with Gasteiger partial charge in [-0.3, -0.25) is 0 Å². The molecule has 0 aromatic heterocycles. The van der Waals surface area contributed by atoms with Crippen molar-refractivity contribution in [2.75, 3.05) is 0 Å². The molecule has 0 spiro atoms. The number of hydrogen-bond donors (Lipinski definition) is 0. The van der Waals surface area contributed by atoms with Gasteiger partial charge in [0.1, 0.15) is 20.2 Å². The predicted molar refractivity (Wildman–Crippen MR) is 212 cm³/mol. The SMILES string of the molecule is CCCCC(C)OC(=O)c1cc(C(=O)OC(C)CCCC)cc(S(=O)(=O)[O-])c1.CCCCC(C)OC(=O)c1cc(C(=O)OC(C)CCCC)cc(S(=O)(=O)[O-])c1.[Ba+2]. The molecule has 0 radical (unpaired) electrons. The van der Waals surface area contributed by atoms with Crippen LogP contribution < -0.4 is 0 Å². The molecule has 0 saturated heterocycles. The number of carbonyl (C=O) groups is 4. The summed E-state index contributed by atoms with van der Waals surface area (Å²) in [7, 11) is -9.73. The fourth-order valence-corrected chi connectivity index (χ4v) is 6.25. The zero-order valence-corrected chi connectivity index (χ0v) is 40.6. The Morgan fingerprint density at radius 1 is 0.456 bits per heavy atom. The Hall–Kier alpha value is -2.29. The summed E-state index contributed by atoms with van der Waals surface area (Å²) in [5.41, 5.74) is -0.691. The molecule has 0 saturated carbocycles. The molecule has 0 heterocycles. The van der Waals surface area contributed by atoms with Gasteiger partial charge < -0.3 is 28.1 Å². The predicted octanol–water partition coefficient (Wildman–Crippen LogP) is 7.74. The summed E-state index contributed by atoms with van der Waals surface area (Å²) in [4.78, 5) is 48.1. The van der Waals surface area contributed by atoms with Gasteiger partial charge in [0.2, 0.25) is 0 Å². The number of unbranched alkanes of at least 4 members (excludes halogenated alkanes) is 4. The second kappa shape index (κ2) is 27.5. The summed E-state index contributed by atoms with van der Waals surface area (Å²) in [5, 5.41) is 0. The molecule has 4 atom stereocenters. The molecule has 2 rings (SSSR count). The molecule has 0 fully saturated rings.